The molecule has 1 N–H and O–H groups in total. The number of furan rings is 1. The minimum absolute atomic E-state index is 0.103. The van der Waals surface area contributed by atoms with E-state index in [2.05, 4.69) is 28.3 Å². The molecule has 0 saturated heterocycles. The monoisotopic (exact) mass is 348 g/mol. The Labute approximate surface area is 151 Å². The smallest absolute Gasteiger partial charge is 0.277 e. The second kappa shape index (κ2) is 6.63. The highest BCUT2D eigenvalue weighted by Gasteiger charge is 2.32. The van der Waals surface area contributed by atoms with Crippen molar-refractivity contribution >= 4 is 17.4 Å². The number of benzene rings is 1. The number of hydrogen-bond donors (Lipinski definition) is 1. The van der Waals surface area contributed by atoms with Gasteiger partial charge in [0.25, 0.3) is 5.91 Å². The molecule has 3 aromatic rings. The fourth-order valence-electron chi connectivity index (χ4n) is 3.36. The number of carbonyl (C=O) groups excluding carboxylic acids is 1. The first kappa shape index (κ1) is 16.3. The van der Waals surface area contributed by atoms with E-state index in [1.807, 2.05) is 35.2 Å². The van der Waals surface area contributed by atoms with E-state index in [1.54, 1.807) is 19.3 Å². The van der Waals surface area contributed by atoms with Crippen molar-refractivity contribution in [2.75, 3.05) is 10.2 Å². The largest absolute Gasteiger partial charge is 0.467 e. The molecule has 4 rings (SSSR count). The SMILES string of the molecule is Cc1nc(NCc2ccco2)cc(C(=O)N2c3ccccc3CC2C)n1. The first-order chi connectivity index (χ1) is 12.6. The predicted molar refractivity (Wildman–Crippen MR) is 99.2 cm³/mol. The molecular formula is C20H20N4O2. The van der Waals surface area contributed by atoms with Gasteiger partial charge in [0.1, 0.15) is 23.1 Å². The number of rotatable bonds is 4. The highest BCUT2D eigenvalue weighted by molar-refractivity contribution is 6.06. The molecular weight excluding hydrogens is 328 g/mol. The lowest BCUT2D eigenvalue weighted by molar-refractivity contribution is 0.0976. The van der Waals surface area contributed by atoms with Crippen LogP contribution < -0.4 is 10.2 Å². The van der Waals surface area contributed by atoms with Crippen LogP contribution in [0.4, 0.5) is 11.5 Å². The van der Waals surface area contributed by atoms with Crippen molar-refractivity contribution in [1.29, 1.82) is 0 Å². The lowest BCUT2D eigenvalue weighted by atomic mass is 10.1. The Kier molecular flexibility index (Phi) is 4.16. The molecule has 1 unspecified atom stereocenters. The van der Waals surface area contributed by atoms with Gasteiger partial charge in [0, 0.05) is 17.8 Å². The molecule has 0 saturated carbocycles. The van der Waals surface area contributed by atoms with E-state index in [1.165, 1.54) is 5.56 Å². The van der Waals surface area contributed by atoms with Crippen LogP contribution in [-0.4, -0.2) is 21.9 Å². The van der Waals surface area contributed by atoms with Crippen LogP contribution >= 0.6 is 0 Å². The van der Waals surface area contributed by atoms with E-state index in [9.17, 15) is 4.79 Å². The van der Waals surface area contributed by atoms with Crippen LogP contribution in [-0.2, 0) is 13.0 Å². The summed E-state index contributed by atoms with van der Waals surface area (Å²) in [5.41, 5.74) is 2.55. The summed E-state index contributed by atoms with van der Waals surface area (Å²) in [7, 11) is 0. The summed E-state index contributed by atoms with van der Waals surface area (Å²) >= 11 is 0. The molecule has 1 aliphatic rings. The Balaban J connectivity index is 1.60. The maximum atomic E-state index is 13.1. The molecule has 2 aromatic heterocycles. The van der Waals surface area contributed by atoms with Gasteiger partial charge in [-0.1, -0.05) is 18.2 Å². The third-order valence-corrected chi connectivity index (χ3v) is 4.51. The van der Waals surface area contributed by atoms with Gasteiger partial charge in [-0.05, 0) is 44.0 Å². The number of para-hydroxylation sites is 1. The molecule has 6 heteroatoms. The Hall–Kier alpha value is -3.15. The summed E-state index contributed by atoms with van der Waals surface area (Å²) in [6, 6.07) is 13.5. The zero-order valence-electron chi connectivity index (χ0n) is 14.8. The minimum Gasteiger partial charge on any atom is -0.467 e. The van der Waals surface area contributed by atoms with Crippen LogP contribution in [0, 0.1) is 6.92 Å². The van der Waals surface area contributed by atoms with Gasteiger partial charge >= 0.3 is 0 Å². The van der Waals surface area contributed by atoms with E-state index in [4.69, 9.17) is 4.42 Å². The van der Waals surface area contributed by atoms with E-state index in [-0.39, 0.29) is 11.9 Å². The van der Waals surface area contributed by atoms with Crippen LogP contribution in [0.3, 0.4) is 0 Å². The van der Waals surface area contributed by atoms with Crippen molar-refractivity contribution in [2.24, 2.45) is 0 Å². The van der Waals surface area contributed by atoms with E-state index in [0.29, 0.717) is 23.9 Å². The maximum absolute atomic E-state index is 13.1. The average Bonchev–Trinajstić information content (AvgIpc) is 3.25. The Bertz CT molecular complexity index is 937. The molecule has 0 fully saturated rings. The lowest BCUT2D eigenvalue weighted by Crippen LogP contribution is -2.36. The van der Waals surface area contributed by atoms with Gasteiger partial charge in [-0.2, -0.15) is 0 Å². The third-order valence-electron chi connectivity index (χ3n) is 4.51. The number of anilines is 2. The Morgan fingerprint density at radius 1 is 1.27 bits per heavy atom. The number of aromatic nitrogens is 2. The Morgan fingerprint density at radius 3 is 2.92 bits per heavy atom. The molecule has 1 atom stereocenters. The summed E-state index contributed by atoms with van der Waals surface area (Å²) in [5, 5.41) is 3.19. The van der Waals surface area contributed by atoms with Crippen molar-refractivity contribution in [1.82, 2.24) is 9.97 Å². The third kappa shape index (κ3) is 3.06. The van der Waals surface area contributed by atoms with Gasteiger partial charge in [0.15, 0.2) is 0 Å². The minimum atomic E-state index is -0.103. The van der Waals surface area contributed by atoms with Gasteiger partial charge in [-0.25, -0.2) is 9.97 Å². The fourth-order valence-corrected chi connectivity index (χ4v) is 3.36. The van der Waals surface area contributed by atoms with Gasteiger partial charge in [0.2, 0.25) is 0 Å². The standard InChI is InChI=1S/C20H20N4O2/c1-13-10-15-6-3-4-8-18(15)24(13)20(25)17-11-19(23-14(2)22-17)21-12-16-7-5-9-26-16/h3-9,11,13H,10,12H2,1-2H3,(H,21,22,23). The van der Waals surface area contributed by atoms with Gasteiger partial charge in [0.05, 0.1) is 12.8 Å². The van der Waals surface area contributed by atoms with Crippen molar-refractivity contribution < 1.29 is 9.21 Å². The van der Waals surface area contributed by atoms with Gasteiger partial charge in [-0.15, -0.1) is 0 Å². The second-order valence-corrected chi connectivity index (χ2v) is 6.48. The number of fused-ring (bicyclic) bond motifs is 1. The van der Waals surface area contributed by atoms with Crippen LogP contribution in [0.5, 0.6) is 0 Å². The zero-order chi connectivity index (χ0) is 18.1. The number of nitrogens with one attached hydrogen (secondary N) is 1. The normalized spacial score (nSPS) is 15.8. The van der Waals surface area contributed by atoms with Crippen LogP contribution in [0.25, 0.3) is 0 Å². The summed E-state index contributed by atoms with van der Waals surface area (Å²) in [5.74, 6) is 1.86. The summed E-state index contributed by atoms with van der Waals surface area (Å²) in [4.78, 5) is 23.7. The highest BCUT2D eigenvalue weighted by atomic mass is 16.3. The fraction of sp³-hybridized carbons (Fsp3) is 0.250. The summed E-state index contributed by atoms with van der Waals surface area (Å²) in [6.07, 6.45) is 2.49. The number of aryl methyl sites for hydroxylation is 1. The molecule has 0 bridgehead atoms. The Morgan fingerprint density at radius 2 is 2.12 bits per heavy atom. The van der Waals surface area contributed by atoms with Crippen molar-refractivity contribution in [2.45, 2.75) is 32.9 Å². The molecule has 0 spiro atoms. The maximum Gasteiger partial charge on any atom is 0.277 e. The molecule has 132 valence electrons. The van der Waals surface area contributed by atoms with E-state index in [0.717, 1.165) is 17.9 Å². The van der Waals surface area contributed by atoms with E-state index < -0.39 is 0 Å². The number of hydrogen-bond acceptors (Lipinski definition) is 5. The van der Waals surface area contributed by atoms with Crippen LogP contribution in [0.15, 0.2) is 53.1 Å². The molecule has 3 heterocycles. The molecule has 0 radical (unpaired) electrons. The topological polar surface area (TPSA) is 71.3 Å². The summed E-state index contributed by atoms with van der Waals surface area (Å²) in [6.45, 7) is 4.35. The first-order valence-corrected chi connectivity index (χ1v) is 8.65. The molecule has 0 aliphatic carbocycles. The predicted octanol–water partition coefficient (Wildman–Crippen LogP) is 3.58. The van der Waals surface area contributed by atoms with Crippen molar-refractivity contribution in [3.63, 3.8) is 0 Å². The van der Waals surface area contributed by atoms with Crippen LogP contribution in [0.2, 0.25) is 0 Å². The first-order valence-electron chi connectivity index (χ1n) is 8.65. The van der Waals surface area contributed by atoms with Crippen LogP contribution in [0.1, 0.15) is 34.6 Å². The molecule has 26 heavy (non-hydrogen) atoms. The lowest BCUT2D eigenvalue weighted by Gasteiger charge is -2.22. The molecule has 1 aromatic carbocycles. The quantitative estimate of drug-likeness (QED) is 0.780. The van der Waals surface area contributed by atoms with Crippen molar-refractivity contribution in [3.05, 3.63) is 71.6 Å². The van der Waals surface area contributed by atoms with Crippen molar-refractivity contribution in [3.8, 4) is 0 Å². The molecule has 1 amide bonds. The average molecular weight is 348 g/mol. The molecule has 1 aliphatic heterocycles. The van der Waals surface area contributed by atoms with Gasteiger partial charge in [-0.3, -0.25) is 4.79 Å². The second-order valence-electron chi connectivity index (χ2n) is 6.48. The molecule has 6 nitrogen and oxygen atoms in total. The number of nitrogens with zero attached hydrogens (tertiary/aromatic N) is 3. The zero-order valence-corrected chi connectivity index (χ0v) is 14.8. The highest BCUT2D eigenvalue weighted by Crippen LogP contribution is 2.33. The van der Waals surface area contributed by atoms with Gasteiger partial charge < -0.3 is 14.6 Å². The number of amides is 1. The van der Waals surface area contributed by atoms with E-state index >= 15 is 0 Å². The number of carbonyl (C=O) groups is 1. The summed E-state index contributed by atoms with van der Waals surface area (Å²) < 4.78 is 5.32.